The molecule has 4 aliphatic rings. The van der Waals surface area contributed by atoms with Crippen LogP contribution in [0, 0.1) is 23.2 Å². The Morgan fingerprint density at radius 2 is 1.39 bits per heavy atom. The number of aromatic carboxylic acids is 2. The molecule has 1 aromatic heterocycles. The van der Waals surface area contributed by atoms with Crippen molar-refractivity contribution in [2.24, 2.45) is 23.2 Å². The molecular weight excluding hydrogens is 626 g/mol. The maximum Gasteiger partial charge on any atom is 0.335 e. The highest BCUT2D eigenvalue weighted by atomic mass is 16.4. The van der Waals surface area contributed by atoms with Gasteiger partial charge in [-0.3, -0.25) is 14.4 Å². The third kappa shape index (κ3) is 6.63. The summed E-state index contributed by atoms with van der Waals surface area (Å²) < 4.78 is 0. The molecule has 1 heterocycles. The van der Waals surface area contributed by atoms with E-state index in [0.717, 1.165) is 43.1 Å². The van der Waals surface area contributed by atoms with E-state index < -0.39 is 29.7 Å². The smallest absolute Gasteiger partial charge is 0.335 e. The van der Waals surface area contributed by atoms with Gasteiger partial charge in [0.1, 0.15) is 0 Å². The predicted molar refractivity (Wildman–Crippen MR) is 180 cm³/mol. The Balaban J connectivity index is 1.11. The monoisotopic (exact) mass is 663 g/mol. The summed E-state index contributed by atoms with van der Waals surface area (Å²) in [6.45, 7) is 0.395. The van der Waals surface area contributed by atoms with Gasteiger partial charge in [-0.2, -0.15) is 0 Å². The molecule has 12 heteroatoms. The molecule has 0 aliphatic heterocycles. The Morgan fingerprint density at radius 3 is 2.00 bits per heavy atom. The number of aromatic nitrogens is 2. The largest absolute Gasteiger partial charge is 0.478 e. The Bertz CT molecular complexity index is 1900. The Morgan fingerprint density at radius 1 is 0.796 bits per heavy atom. The zero-order valence-electron chi connectivity index (χ0n) is 26.7. The minimum Gasteiger partial charge on any atom is -0.478 e. The van der Waals surface area contributed by atoms with Crippen molar-refractivity contribution in [2.45, 2.75) is 44.4 Å². The van der Waals surface area contributed by atoms with Gasteiger partial charge in [0.25, 0.3) is 11.8 Å². The van der Waals surface area contributed by atoms with Gasteiger partial charge in [0, 0.05) is 18.8 Å². The summed E-state index contributed by atoms with van der Waals surface area (Å²) in [5.41, 5.74) is 1.48. The molecule has 4 aliphatic carbocycles. The molecule has 49 heavy (non-hydrogen) atoms. The molecule has 3 amide bonds. The maximum absolute atomic E-state index is 13.8. The van der Waals surface area contributed by atoms with Crippen molar-refractivity contribution in [2.75, 3.05) is 18.4 Å². The number of hydrogen-bond acceptors (Lipinski definition) is 6. The highest BCUT2D eigenvalue weighted by Gasteiger charge is 2.50. The van der Waals surface area contributed by atoms with E-state index in [2.05, 4.69) is 25.9 Å². The van der Waals surface area contributed by atoms with Crippen LogP contribution in [0.3, 0.4) is 0 Å². The lowest BCUT2D eigenvalue weighted by Gasteiger charge is -2.56. The van der Waals surface area contributed by atoms with E-state index in [9.17, 15) is 34.2 Å². The number of nitrogens with one attached hydrogen (secondary N) is 4. The number of H-pyrrole nitrogens is 1. The second-order valence-electron chi connectivity index (χ2n) is 14.0. The molecule has 3 aromatic carbocycles. The summed E-state index contributed by atoms with van der Waals surface area (Å²) >= 11 is 0. The number of benzene rings is 3. The SMILES string of the molecule is O=C(O)c1cc(NC(=O)C(CNC(=O)c2cc3nc[nH]c3cc2C(=O)NCC23CC4CC(CC(C4)C2)C3)c2ccccc2)cc(C(=O)O)c1. The van der Waals surface area contributed by atoms with E-state index in [0.29, 0.717) is 23.1 Å². The minimum atomic E-state index is -1.35. The van der Waals surface area contributed by atoms with Gasteiger partial charge in [0.05, 0.1) is 45.5 Å². The van der Waals surface area contributed by atoms with E-state index in [4.69, 9.17) is 0 Å². The molecule has 12 nitrogen and oxygen atoms in total. The van der Waals surface area contributed by atoms with Crippen molar-refractivity contribution in [3.05, 3.63) is 94.8 Å². The molecule has 4 fully saturated rings. The molecule has 1 atom stereocenters. The number of amides is 3. The summed E-state index contributed by atoms with van der Waals surface area (Å²) in [7, 11) is 0. The minimum absolute atomic E-state index is 0.0171. The number of carboxylic acid groups (broad SMARTS) is 2. The fraction of sp³-hybridized carbons (Fsp3) is 0.351. The Hall–Kier alpha value is -5.52. The van der Waals surface area contributed by atoms with Crippen molar-refractivity contribution >= 4 is 46.4 Å². The van der Waals surface area contributed by atoms with Crippen LogP contribution in [0.15, 0.2) is 67.0 Å². The number of hydrogen-bond donors (Lipinski definition) is 6. The standard InChI is InChI=1S/C37H37N5O7/c43-32(38-17-29(23-4-2-1-3-5-23)34(45)42-26-10-24(35(46)47)9-25(11-26)36(48)49)27-12-30-31(41-19-40-30)13-28(27)33(44)39-18-37-14-20-6-21(15-37)8-22(7-20)16-37/h1-5,9-13,19-22,29H,6-8,14-18H2,(H,38,43)(H,39,44)(H,40,41)(H,42,45)(H,46,47)(H,48,49). The fourth-order valence-electron chi connectivity index (χ4n) is 8.74. The van der Waals surface area contributed by atoms with Crippen LogP contribution in [-0.4, -0.2) is 62.9 Å². The van der Waals surface area contributed by atoms with E-state index >= 15 is 0 Å². The number of nitrogens with zero attached hydrogens (tertiary/aromatic N) is 1. The number of rotatable bonds is 11. The molecule has 0 radical (unpaired) electrons. The molecule has 0 saturated heterocycles. The Labute approximate surface area is 281 Å². The average molecular weight is 664 g/mol. The van der Waals surface area contributed by atoms with Crippen molar-refractivity contribution in [1.82, 2.24) is 20.6 Å². The molecule has 4 aromatic rings. The van der Waals surface area contributed by atoms with Crippen LogP contribution in [0.25, 0.3) is 11.0 Å². The second kappa shape index (κ2) is 12.8. The third-order valence-electron chi connectivity index (χ3n) is 10.5. The highest BCUT2D eigenvalue weighted by molar-refractivity contribution is 6.10. The first-order valence-electron chi connectivity index (χ1n) is 16.6. The van der Waals surface area contributed by atoms with Crippen LogP contribution >= 0.6 is 0 Å². The molecule has 4 saturated carbocycles. The molecule has 252 valence electrons. The van der Waals surface area contributed by atoms with Crippen LogP contribution in [-0.2, 0) is 4.79 Å². The first-order chi connectivity index (χ1) is 23.6. The number of carboxylic acids is 2. The molecule has 0 spiro atoms. The molecule has 8 rings (SSSR count). The predicted octanol–water partition coefficient (Wildman–Crippen LogP) is 5.06. The van der Waals surface area contributed by atoms with Gasteiger partial charge < -0.3 is 31.1 Å². The summed E-state index contributed by atoms with van der Waals surface area (Å²) in [5.74, 6) is -2.95. The van der Waals surface area contributed by atoms with Gasteiger partial charge in [-0.1, -0.05) is 30.3 Å². The van der Waals surface area contributed by atoms with Crippen molar-refractivity contribution < 1.29 is 34.2 Å². The van der Waals surface area contributed by atoms with Crippen LogP contribution in [0.1, 0.15) is 91.4 Å². The normalized spacial score (nSPS) is 22.7. The van der Waals surface area contributed by atoms with Gasteiger partial charge >= 0.3 is 11.9 Å². The Kier molecular flexibility index (Phi) is 8.39. The first kappa shape index (κ1) is 32.0. The van der Waals surface area contributed by atoms with E-state index in [1.165, 1.54) is 37.7 Å². The molecule has 6 N–H and O–H groups in total. The molecule has 4 bridgehead atoms. The second-order valence-corrected chi connectivity index (χ2v) is 14.0. The van der Waals surface area contributed by atoms with Gasteiger partial charge in [0.15, 0.2) is 0 Å². The van der Waals surface area contributed by atoms with Crippen molar-refractivity contribution in [1.29, 1.82) is 0 Å². The first-order valence-corrected chi connectivity index (χ1v) is 16.6. The van der Waals surface area contributed by atoms with Gasteiger partial charge in [0.2, 0.25) is 5.91 Å². The van der Waals surface area contributed by atoms with Gasteiger partial charge in [-0.25, -0.2) is 14.6 Å². The van der Waals surface area contributed by atoms with Crippen molar-refractivity contribution in [3.8, 4) is 0 Å². The topological polar surface area (TPSA) is 191 Å². The molecular formula is C37H37N5O7. The van der Waals surface area contributed by atoms with E-state index in [1.807, 2.05) is 0 Å². The molecule has 1 unspecified atom stereocenters. The third-order valence-corrected chi connectivity index (χ3v) is 10.5. The lowest BCUT2D eigenvalue weighted by molar-refractivity contribution is -0.117. The van der Waals surface area contributed by atoms with Crippen molar-refractivity contribution in [3.63, 3.8) is 0 Å². The average Bonchev–Trinajstić information content (AvgIpc) is 3.54. The quantitative estimate of drug-likeness (QED) is 0.128. The van der Waals surface area contributed by atoms with Crippen LogP contribution in [0.5, 0.6) is 0 Å². The highest BCUT2D eigenvalue weighted by Crippen LogP contribution is 2.59. The van der Waals surface area contributed by atoms with E-state index in [-0.39, 0.29) is 45.8 Å². The number of fused-ring (bicyclic) bond motifs is 1. The van der Waals surface area contributed by atoms with Crippen LogP contribution < -0.4 is 16.0 Å². The number of anilines is 1. The van der Waals surface area contributed by atoms with Crippen LogP contribution in [0.4, 0.5) is 5.69 Å². The number of carbonyl (C=O) groups is 5. The number of imidazole rings is 1. The number of carbonyl (C=O) groups excluding carboxylic acids is 3. The van der Waals surface area contributed by atoms with Gasteiger partial charge in [-0.15, -0.1) is 0 Å². The maximum atomic E-state index is 13.8. The number of aromatic amines is 1. The fourth-order valence-corrected chi connectivity index (χ4v) is 8.74. The zero-order chi connectivity index (χ0) is 34.3. The summed E-state index contributed by atoms with van der Waals surface area (Å²) in [4.78, 5) is 71.8. The summed E-state index contributed by atoms with van der Waals surface area (Å²) in [6.07, 6.45) is 8.79. The lowest BCUT2D eigenvalue weighted by Crippen LogP contribution is -2.51. The van der Waals surface area contributed by atoms with Gasteiger partial charge in [-0.05, 0) is 97.6 Å². The van der Waals surface area contributed by atoms with E-state index in [1.54, 1.807) is 42.5 Å². The summed E-state index contributed by atoms with van der Waals surface area (Å²) in [6, 6.07) is 15.2. The van der Waals surface area contributed by atoms with Crippen LogP contribution in [0.2, 0.25) is 0 Å². The summed E-state index contributed by atoms with van der Waals surface area (Å²) in [5, 5.41) is 27.5. The zero-order valence-corrected chi connectivity index (χ0v) is 26.7. The lowest BCUT2D eigenvalue weighted by atomic mass is 9.49.